The van der Waals surface area contributed by atoms with Crippen molar-refractivity contribution in [1.29, 1.82) is 0 Å². The largest absolute Gasteiger partial charge is 0.458 e. The number of carbonyl (C=O) groups excluding carboxylic acids is 1. The van der Waals surface area contributed by atoms with E-state index < -0.39 is 11.1 Å². The maximum atomic E-state index is 12.8. The van der Waals surface area contributed by atoms with Gasteiger partial charge in [0.15, 0.2) is 5.54 Å². The summed E-state index contributed by atoms with van der Waals surface area (Å²) in [7, 11) is 0. The smallest absolute Gasteiger partial charge is 0.335 e. The number of esters is 1. The summed E-state index contributed by atoms with van der Waals surface area (Å²) in [6.07, 6.45) is 1.76. The van der Waals surface area contributed by atoms with E-state index in [9.17, 15) is 4.79 Å². The van der Waals surface area contributed by atoms with Gasteiger partial charge in [0.05, 0.1) is 0 Å². The maximum Gasteiger partial charge on any atom is 0.335 e. The number of ether oxygens (including phenoxy) is 1. The molecule has 0 fully saturated rings. The van der Waals surface area contributed by atoms with Crippen molar-refractivity contribution in [2.45, 2.75) is 44.6 Å². The van der Waals surface area contributed by atoms with Crippen molar-refractivity contribution in [2.75, 3.05) is 5.75 Å². The maximum absolute atomic E-state index is 12.8. The van der Waals surface area contributed by atoms with Crippen LogP contribution in [0.2, 0.25) is 0 Å². The van der Waals surface area contributed by atoms with E-state index in [0.717, 1.165) is 11.3 Å². The van der Waals surface area contributed by atoms with Gasteiger partial charge in [-0.3, -0.25) is 4.99 Å². The second kappa shape index (κ2) is 9.04. The highest BCUT2D eigenvalue weighted by atomic mass is 32.2. The SMILES string of the molecule is CC(C)(C)OC(=O)C(C)(CSCc1ccccc1)/N=C\c1ccccc1. The van der Waals surface area contributed by atoms with Crippen molar-refractivity contribution in [1.82, 2.24) is 0 Å². The van der Waals surface area contributed by atoms with Crippen LogP contribution < -0.4 is 0 Å². The fraction of sp³-hybridized carbons (Fsp3) is 0.364. The van der Waals surface area contributed by atoms with E-state index in [0.29, 0.717) is 5.75 Å². The molecule has 138 valence electrons. The Balaban J connectivity index is 2.11. The molecule has 0 saturated carbocycles. The second-order valence-corrected chi connectivity index (χ2v) is 8.41. The first-order valence-corrected chi connectivity index (χ1v) is 9.89. The molecule has 0 bridgehead atoms. The van der Waals surface area contributed by atoms with Gasteiger partial charge in [0.1, 0.15) is 5.60 Å². The number of benzene rings is 2. The third-order valence-corrected chi connectivity index (χ3v) is 4.94. The summed E-state index contributed by atoms with van der Waals surface area (Å²) < 4.78 is 5.63. The third-order valence-electron chi connectivity index (χ3n) is 3.63. The van der Waals surface area contributed by atoms with Gasteiger partial charge < -0.3 is 4.74 Å². The van der Waals surface area contributed by atoms with Crippen LogP contribution in [-0.4, -0.2) is 29.1 Å². The Morgan fingerprint density at radius 1 is 1.00 bits per heavy atom. The zero-order valence-electron chi connectivity index (χ0n) is 15.9. The van der Waals surface area contributed by atoms with Gasteiger partial charge >= 0.3 is 5.97 Å². The van der Waals surface area contributed by atoms with E-state index in [1.54, 1.807) is 18.0 Å². The first-order valence-electron chi connectivity index (χ1n) is 8.74. The molecule has 0 saturated heterocycles. The van der Waals surface area contributed by atoms with Crippen molar-refractivity contribution in [3.63, 3.8) is 0 Å². The fourth-order valence-corrected chi connectivity index (χ4v) is 3.35. The number of carbonyl (C=O) groups is 1. The van der Waals surface area contributed by atoms with Crippen LogP contribution in [-0.2, 0) is 15.3 Å². The second-order valence-electron chi connectivity index (χ2n) is 7.42. The number of rotatable bonds is 7. The Kier molecular flexibility index (Phi) is 7.04. The molecular weight excluding hydrogens is 342 g/mol. The van der Waals surface area contributed by atoms with Crippen LogP contribution in [0, 0.1) is 0 Å². The topological polar surface area (TPSA) is 38.7 Å². The van der Waals surface area contributed by atoms with E-state index in [2.05, 4.69) is 17.1 Å². The van der Waals surface area contributed by atoms with Crippen LogP contribution in [0.1, 0.15) is 38.8 Å². The lowest BCUT2D eigenvalue weighted by atomic mass is 10.1. The molecule has 0 N–H and O–H groups in total. The molecule has 0 heterocycles. The lowest BCUT2D eigenvalue weighted by Gasteiger charge is -2.28. The molecule has 2 aromatic carbocycles. The average Bonchev–Trinajstić information content (AvgIpc) is 2.60. The van der Waals surface area contributed by atoms with E-state index in [-0.39, 0.29) is 5.97 Å². The Bertz CT molecular complexity index is 723. The lowest BCUT2D eigenvalue weighted by Crippen LogP contribution is -2.42. The minimum absolute atomic E-state index is 0.294. The van der Waals surface area contributed by atoms with E-state index in [4.69, 9.17) is 4.74 Å². The minimum atomic E-state index is -0.928. The molecule has 26 heavy (non-hydrogen) atoms. The molecule has 2 rings (SSSR count). The van der Waals surface area contributed by atoms with Gasteiger partial charge in [-0.05, 0) is 38.8 Å². The molecule has 0 aliphatic rings. The summed E-state index contributed by atoms with van der Waals surface area (Å²) in [5, 5.41) is 0. The van der Waals surface area contributed by atoms with Gasteiger partial charge in [-0.1, -0.05) is 60.7 Å². The summed E-state index contributed by atoms with van der Waals surface area (Å²) in [6, 6.07) is 20.0. The van der Waals surface area contributed by atoms with Gasteiger partial charge in [0.25, 0.3) is 0 Å². The molecule has 4 heteroatoms. The third kappa shape index (κ3) is 6.68. The van der Waals surface area contributed by atoms with Crippen molar-refractivity contribution < 1.29 is 9.53 Å². The lowest BCUT2D eigenvalue weighted by molar-refractivity contribution is -0.159. The van der Waals surface area contributed by atoms with Crippen molar-refractivity contribution in [2.24, 2.45) is 4.99 Å². The molecule has 0 amide bonds. The van der Waals surface area contributed by atoms with Crippen LogP contribution in [0.3, 0.4) is 0 Å². The Morgan fingerprint density at radius 3 is 2.15 bits per heavy atom. The summed E-state index contributed by atoms with van der Waals surface area (Å²) in [5.74, 6) is 1.10. The highest BCUT2D eigenvalue weighted by Crippen LogP contribution is 2.25. The van der Waals surface area contributed by atoms with Crippen LogP contribution in [0.25, 0.3) is 0 Å². The predicted octanol–water partition coefficient (Wildman–Crippen LogP) is 5.14. The molecule has 0 spiro atoms. The number of aliphatic imine (C=N–C) groups is 1. The van der Waals surface area contributed by atoms with Gasteiger partial charge in [-0.15, -0.1) is 0 Å². The predicted molar refractivity (Wildman–Crippen MR) is 111 cm³/mol. The van der Waals surface area contributed by atoms with Gasteiger partial charge in [-0.25, -0.2) is 4.79 Å². The molecule has 0 radical (unpaired) electrons. The van der Waals surface area contributed by atoms with E-state index in [1.807, 2.05) is 76.2 Å². The summed E-state index contributed by atoms with van der Waals surface area (Å²) in [6.45, 7) is 7.48. The monoisotopic (exact) mass is 369 g/mol. The van der Waals surface area contributed by atoms with Gasteiger partial charge in [0, 0.05) is 17.7 Å². The number of hydrogen-bond donors (Lipinski definition) is 0. The summed E-state index contributed by atoms with van der Waals surface area (Å²) >= 11 is 1.69. The average molecular weight is 370 g/mol. The molecule has 3 nitrogen and oxygen atoms in total. The standard InChI is InChI=1S/C22H27NO2S/c1-21(2,3)25-20(24)22(4,23-15-18-11-7-5-8-12-18)17-26-16-19-13-9-6-10-14-19/h5-15H,16-17H2,1-4H3/b23-15-. The first-order chi connectivity index (χ1) is 12.3. The van der Waals surface area contributed by atoms with Crippen LogP contribution in [0.5, 0.6) is 0 Å². The van der Waals surface area contributed by atoms with Crippen molar-refractivity contribution >= 4 is 23.9 Å². The number of hydrogen-bond acceptors (Lipinski definition) is 4. The molecule has 2 aromatic rings. The number of thioether (sulfide) groups is 1. The normalized spacial score (nSPS) is 14.2. The van der Waals surface area contributed by atoms with Crippen molar-refractivity contribution in [3.8, 4) is 0 Å². The zero-order valence-corrected chi connectivity index (χ0v) is 16.8. The summed E-state index contributed by atoms with van der Waals surface area (Å²) in [4.78, 5) is 17.4. The van der Waals surface area contributed by atoms with E-state index in [1.165, 1.54) is 5.56 Å². The molecular formula is C22H27NO2S. The van der Waals surface area contributed by atoms with Gasteiger partial charge in [-0.2, -0.15) is 11.8 Å². The molecule has 1 atom stereocenters. The van der Waals surface area contributed by atoms with Crippen LogP contribution in [0.4, 0.5) is 0 Å². The zero-order chi connectivity index (χ0) is 19.0. The minimum Gasteiger partial charge on any atom is -0.458 e. The van der Waals surface area contributed by atoms with Crippen molar-refractivity contribution in [3.05, 3.63) is 71.8 Å². The Morgan fingerprint density at radius 2 is 1.58 bits per heavy atom. The van der Waals surface area contributed by atoms with Gasteiger partial charge in [0.2, 0.25) is 0 Å². The quantitative estimate of drug-likeness (QED) is 0.501. The Labute approximate surface area is 160 Å². The highest BCUT2D eigenvalue weighted by molar-refractivity contribution is 7.98. The number of nitrogens with zero attached hydrogens (tertiary/aromatic N) is 1. The van der Waals surface area contributed by atoms with Crippen LogP contribution in [0.15, 0.2) is 65.7 Å². The summed E-state index contributed by atoms with van der Waals surface area (Å²) in [5.41, 5.74) is 0.735. The first kappa shape index (κ1) is 20.2. The molecule has 1 unspecified atom stereocenters. The van der Waals surface area contributed by atoms with E-state index >= 15 is 0 Å². The molecule has 0 aliphatic carbocycles. The molecule has 0 aliphatic heterocycles. The fourth-order valence-electron chi connectivity index (χ4n) is 2.23. The Hall–Kier alpha value is -2.07. The molecule has 0 aromatic heterocycles. The highest BCUT2D eigenvalue weighted by Gasteiger charge is 2.36. The van der Waals surface area contributed by atoms with Crippen LogP contribution >= 0.6 is 11.8 Å².